The van der Waals surface area contributed by atoms with Crippen molar-refractivity contribution in [3.05, 3.63) is 118 Å². The zero-order valence-electron chi connectivity index (χ0n) is 14.5. The van der Waals surface area contributed by atoms with Crippen LogP contribution in [0, 0.1) is 33.3 Å². The molecule has 0 aromatic heterocycles. The van der Waals surface area contributed by atoms with Crippen molar-refractivity contribution >= 4 is 0 Å². The third-order valence-corrected chi connectivity index (χ3v) is 2.33. The van der Waals surface area contributed by atoms with E-state index in [2.05, 4.69) is 81.8 Å². The maximum Gasteiger partial charge on any atom is 0 e. The smallest absolute Gasteiger partial charge is 0 e. The van der Waals surface area contributed by atoms with Crippen LogP contribution in [0.2, 0.25) is 0 Å². The maximum atomic E-state index is 7.50. The number of hydrogen-bond donors (Lipinski definition) is 0. The molecule has 0 amide bonds. The Kier molecular flexibility index (Phi) is 64.2. The van der Waals surface area contributed by atoms with Crippen LogP contribution in [-0.4, -0.2) is 0 Å². The van der Waals surface area contributed by atoms with Gasteiger partial charge in [0.15, 0.2) is 0 Å². The summed E-state index contributed by atoms with van der Waals surface area (Å²) in [7, 11) is 0. The standard InChI is InChI=1S/C11H9.C5H5.5CO.Cr.Ti/c1-2-6-10(7-3-1)11-8-4-5-9-11;1-2-4-5-3-1;5*1-2;;/h1-9H;1-5H;;;;;;;/q2*-1;;;;;;;. The second kappa shape index (κ2) is 44.4. The van der Waals surface area contributed by atoms with Gasteiger partial charge in [0, 0.05) is 39.1 Å². The molecule has 0 saturated carbocycles. The Morgan fingerprint density at radius 3 is 1.21 bits per heavy atom. The van der Waals surface area contributed by atoms with E-state index in [9.17, 15) is 0 Å². The number of hydrogen-bond acceptors (Lipinski definition) is 0. The van der Waals surface area contributed by atoms with E-state index in [-0.39, 0.29) is 39.1 Å². The second-order valence-corrected chi connectivity index (χ2v) is 3.50. The molecule has 3 aromatic carbocycles. The summed E-state index contributed by atoms with van der Waals surface area (Å²) >= 11 is 0. The van der Waals surface area contributed by atoms with Crippen molar-refractivity contribution in [3.8, 4) is 11.1 Å². The van der Waals surface area contributed by atoms with Crippen LogP contribution < -0.4 is 0 Å². The molecule has 0 aliphatic carbocycles. The van der Waals surface area contributed by atoms with Crippen LogP contribution in [0.15, 0.2) is 84.9 Å². The molecule has 0 bridgehead atoms. The molecule has 0 unspecified atom stereocenters. The maximum absolute atomic E-state index is 7.50. The molecule has 0 atom stereocenters. The average molecular weight is 446 g/mol. The fourth-order valence-electron chi connectivity index (χ4n) is 1.52. The van der Waals surface area contributed by atoms with Gasteiger partial charge in [-0.2, -0.15) is 30.3 Å². The monoisotopic (exact) mass is 446 g/mol. The van der Waals surface area contributed by atoms with Gasteiger partial charge in [0.25, 0.3) is 0 Å². The molecule has 0 heterocycles. The van der Waals surface area contributed by atoms with Crippen molar-refractivity contribution in [2.45, 2.75) is 0 Å². The van der Waals surface area contributed by atoms with Gasteiger partial charge in [-0.15, -0.1) is 29.8 Å². The first-order chi connectivity index (χ1) is 13.0. The third kappa shape index (κ3) is 26.1. The van der Waals surface area contributed by atoms with E-state index in [1.165, 1.54) is 11.1 Å². The first kappa shape index (κ1) is 40.5. The van der Waals surface area contributed by atoms with Crippen molar-refractivity contribution in [1.29, 1.82) is 0 Å². The molecule has 0 aliphatic heterocycles. The molecule has 0 radical (unpaired) electrons. The molecule has 5 nitrogen and oxygen atoms in total. The van der Waals surface area contributed by atoms with E-state index in [1.807, 2.05) is 36.4 Å². The predicted molar refractivity (Wildman–Crippen MR) is 89.2 cm³/mol. The quantitative estimate of drug-likeness (QED) is 0.303. The van der Waals surface area contributed by atoms with E-state index in [4.69, 9.17) is 23.3 Å². The van der Waals surface area contributed by atoms with Crippen molar-refractivity contribution in [1.82, 2.24) is 0 Å². The summed E-state index contributed by atoms with van der Waals surface area (Å²) in [6, 6.07) is 28.7. The van der Waals surface area contributed by atoms with Crippen LogP contribution >= 0.6 is 0 Å². The second-order valence-electron chi connectivity index (χ2n) is 3.50. The minimum atomic E-state index is 0. The van der Waals surface area contributed by atoms with Crippen LogP contribution in [-0.2, 0) is 62.3 Å². The molecule has 140 valence electrons. The summed E-state index contributed by atoms with van der Waals surface area (Å²) in [4.78, 5) is 0. The first-order valence-electron chi connectivity index (χ1n) is 6.43. The van der Waals surface area contributed by atoms with E-state index in [0.717, 1.165) is 0 Å². The van der Waals surface area contributed by atoms with Gasteiger partial charge < -0.3 is 0 Å². The minimum absolute atomic E-state index is 0. The normalized spacial score (nSPS) is 5.64. The van der Waals surface area contributed by atoms with Gasteiger partial charge in [0.05, 0.1) is 0 Å². The Labute approximate surface area is 191 Å². The number of rotatable bonds is 1. The molecule has 3 rings (SSSR count). The number of benzene rings is 1. The van der Waals surface area contributed by atoms with Crippen LogP contribution in [0.25, 0.3) is 11.1 Å². The zero-order chi connectivity index (χ0) is 21.1. The summed E-state index contributed by atoms with van der Waals surface area (Å²) in [5.74, 6) is 0. The molecular formula is C21H14CrO5Ti-2. The van der Waals surface area contributed by atoms with Gasteiger partial charge >= 0.3 is 56.5 Å². The van der Waals surface area contributed by atoms with Crippen molar-refractivity contribution in [2.24, 2.45) is 0 Å². The van der Waals surface area contributed by atoms with Gasteiger partial charge in [-0.25, -0.2) is 12.1 Å². The molecule has 28 heavy (non-hydrogen) atoms. The Balaban J connectivity index is -0.0000000614. The van der Waals surface area contributed by atoms with Crippen molar-refractivity contribution < 1.29 is 62.3 Å². The summed E-state index contributed by atoms with van der Waals surface area (Å²) in [6.45, 7) is 22.5. The van der Waals surface area contributed by atoms with Crippen LogP contribution in [0.3, 0.4) is 0 Å². The first-order valence-corrected chi connectivity index (χ1v) is 6.43. The Hall–Kier alpha value is -2.13. The summed E-state index contributed by atoms with van der Waals surface area (Å²) in [5, 5.41) is 0. The van der Waals surface area contributed by atoms with E-state index < -0.39 is 0 Å². The van der Waals surface area contributed by atoms with Crippen LogP contribution in [0.5, 0.6) is 0 Å². The van der Waals surface area contributed by atoms with Crippen molar-refractivity contribution in [3.63, 3.8) is 0 Å². The van der Waals surface area contributed by atoms with Gasteiger partial charge in [0.1, 0.15) is 0 Å². The molecular weight excluding hydrogens is 432 g/mol. The summed E-state index contributed by atoms with van der Waals surface area (Å²) < 4.78 is 37.5. The Morgan fingerprint density at radius 1 is 0.571 bits per heavy atom. The minimum Gasteiger partial charge on any atom is -0.214 e. The molecule has 0 N–H and O–H groups in total. The summed E-state index contributed by atoms with van der Waals surface area (Å²) in [6.07, 6.45) is 0. The largest absolute Gasteiger partial charge is 0.214 e. The molecule has 0 spiro atoms. The molecule has 0 saturated heterocycles. The van der Waals surface area contributed by atoms with E-state index in [0.29, 0.717) is 0 Å². The van der Waals surface area contributed by atoms with Gasteiger partial charge in [-0.05, 0) is 0 Å². The topological polar surface area (TPSA) is 99.5 Å². The van der Waals surface area contributed by atoms with Gasteiger partial charge in [-0.3, -0.25) is 0 Å². The van der Waals surface area contributed by atoms with E-state index >= 15 is 0 Å². The van der Waals surface area contributed by atoms with Gasteiger partial charge in [0.2, 0.25) is 0 Å². The molecule has 0 aliphatic rings. The third-order valence-electron chi connectivity index (χ3n) is 2.33. The zero-order valence-corrected chi connectivity index (χ0v) is 17.4. The van der Waals surface area contributed by atoms with Crippen LogP contribution in [0.1, 0.15) is 0 Å². The molecule has 0 fully saturated rings. The average Bonchev–Trinajstić information content (AvgIpc) is 3.53. The molecule has 3 aromatic rings. The fourth-order valence-corrected chi connectivity index (χ4v) is 1.52. The van der Waals surface area contributed by atoms with Crippen LogP contribution in [0.4, 0.5) is 0 Å². The Bertz CT molecular complexity index is 630. The predicted octanol–water partition coefficient (Wildman–Crippen LogP) is 4.29. The summed E-state index contributed by atoms with van der Waals surface area (Å²) in [5.41, 5.74) is 2.59. The molecule has 7 heteroatoms. The van der Waals surface area contributed by atoms with Crippen molar-refractivity contribution in [2.75, 3.05) is 0 Å². The Morgan fingerprint density at radius 2 is 0.929 bits per heavy atom. The SMILES string of the molecule is [C-]#[O+].[C-]#[O+].[C-]#[O+].[C-]#[O+].[C-]#[O+].[Cr].[Ti].c1cc[cH-]c1.c1ccc(-[c-]2cccc2)cc1. The van der Waals surface area contributed by atoms with Gasteiger partial charge in [-0.1, -0.05) is 23.8 Å². The van der Waals surface area contributed by atoms with E-state index in [1.54, 1.807) is 0 Å². The fraction of sp³-hybridized carbons (Fsp3) is 0.